The number of aromatic amines is 1. The molecule has 0 atom stereocenters. The Morgan fingerprint density at radius 1 is 1.08 bits per heavy atom. The lowest BCUT2D eigenvalue weighted by Crippen LogP contribution is -2.22. The average molecular weight is 350 g/mol. The van der Waals surface area contributed by atoms with Gasteiger partial charge in [-0.05, 0) is 48.9 Å². The van der Waals surface area contributed by atoms with Crippen molar-refractivity contribution >= 4 is 34.2 Å². The topological polar surface area (TPSA) is 142 Å². The minimum atomic E-state index is -0.278. The van der Waals surface area contributed by atoms with Gasteiger partial charge >= 0.3 is 0 Å². The predicted octanol–water partition coefficient (Wildman–Crippen LogP) is 2.12. The third-order valence-electron chi connectivity index (χ3n) is 3.72. The van der Waals surface area contributed by atoms with Gasteiger partial charge in [-0.2, -0.15) is 5.10 Å². The minimum absolute atomic E-state index is 0.111. The highest BCUT2D eigenvalue weighted by molar-refractivity contribution is 6.06. The van der Waals surface area contributed by atoms with Crippen LogP contribution in [-0.2, 0) is 0 Å². The fourth-order valence-electron chi connectivity index (χ4n) is 2.43. The van der Waals surface area contributed by atoms with E-state index < -0.39 is 0 Å². The second-order valence-electron chi connectivity index (χ2n) is 5.70. The van der Waals surface area contributed by atoms with Crippen LogP contribution in [0.4, 0.5) is 5.69 Å². The summed E-state index contributed by atoms with van der Waals surface area (Å²) in [7, 11) is 0. The number of aromatic nitrogens is 1. The number of guanidine groups is 1. The van der Waals surface area contributed by atoms with Gasteiger partial charge in [-0.25, -0.2) is 0 Å². The van der Waals surface area contributed by atoms with Crippen LogP contribution in [0.5, 0.6) is 5.75 Å². The average Bonchev–Trinajstić information content (AvgIpc) is 3.03. The third kappa shape index (κ3) is 3.81. The Hall–Kier alpha value is -3.81. The molecule has 1 aromatic heterocycles. The molecule has 0 saturated heterocycles. The lowest BCUT2D eigenvalue weighted by atomic mass is 10.1. The minimum Gasteiger partial charge on any atom is -0.508 e. The molecule has 8 nitrogen and oxygen atoms in total. The highest BCUT2D eigenvalue weighted by Crippen LogP contribution is 2.21. The predicted molar refractivity (Wildman–Crippen MR) is 102 cm³/mol. The highest BCUT2D eigenvalue weighted by atomic mass is 16.3. The van der Waals surface area contributed by atoms with E-state index in [-0.39, 0.29) is 17.6 Å². The first-order valence-corrected chi connectivity index (χ1v) is 7.79. The molecule has 0 radical (unpaired) electrons. The van der Waals surface area contributed by atoms with Gasteiger partial charge in [-0.3, -0.25) is 4.79 Å². The molecule has 3 aromatic rings. The van der Waals surface area contributed by atoms with E-state index in [1.54, 1.807) is 55.5 Å². The van der Waals surface area contributed by atoms with Crippen LogP contribution in [0, 0.1) is 0 Å². The lowest BCUT2D eigenvalue weighted by Gasteiger charge is -2.05. The number of hydrogen-bond acceptors (Lipinski definition) is 4. The van der Waals surface area contributed by atoms with Gasteiger partial charge in [0.25, 0.3) is 5.91 Å². The number of phenolic OH excluding ortho intramolecular Hbond substituents is 1. The number of nitrogens with one attached hydrogen (secondary N) is 2. The summed E-state index contributed by atoms with van der Waals surface area (Å²) in [6.45, 7) is 1.78. The smallest absolute Gasteiger partial charge is 0.272 e. The van der Waals surface area contributed by atoms with Crippen molar-refractivity contribution < 1.29 is 9.90 Å². The summed E-state index contributed by atoms with van der Waals surface area (Å²) in [5.74, 6) is -0.240. The van der Waals surface area contributed by atoms with Crippen LogP contribution in [0.3, 0.4) is 0 Å². The van der Waals surface area contributed by atoms with E-state index in [1.165, 1.54) is 0 Å². The molecule has 2 aromatic carbocycles. The van der Waals surface area contributed by atoms with Crippen molar-refractivity contribution in [3.8, 4) is 5.75 Å². The van der Waals surface area contributed by atoms with Crippen molar-refractivity contribution in [1.82, 2.24) is 4.98 Å². The summed E-state index contributed by atoms with van der Waals surface area (Å²) in [6.07, 6.45) is 0. The summed E-state index contributed by atoms with van der Waals surface area (Å²) in [5, 5.41) is 20.6. The summed E-state index contributed by atoms with van der Waals surface area (Å²) in [6, 6.07) is 13.7. The zero-order valence-electron chi connectivity index (χ0n) is 14.0. The van der Waals surface area contributed by atoms with Crippen LogP contribution in [0.2, 0.25) is 0 Å². The van der Waals surface area contributed by atoms with E-state index in [9.17, 15) is 9.90 Å². The monoisotopic (exact) mass is 350 g/mol. The number of rotatable bonds is 4. The van der Waals surface area contributed by atoms with E-state index in [1.807, 2.05) is 0 Å². The Labute approximate surface area is 149 Å². The van der Waals surface area contributed by atoms with Crippen LogP contribution in [0.25, 0.3) is 10.9 Å². The molecule has 1 amide bonds. The molecule has 0 spiro atoms. The van der Waals surface area contributed by atoms with E-state index in [2.05, 4.69) is 20.5 Å². The number of carbonyl (C=O) groups is 1. The standard InChI is InChI=1S/C18H18N6O2/c1-10(23-24-18(19)20)11-2-4-13(5-3-11)21-17(26)16-9-12-8-14(25)6-7-15(12)22-16/h2-9,22,25H,1H3,(H,21,26)(H4,19,20,24)/b23-10-. The second-order valence-corrected chi connectivity index (χ2v) is 5.70. The lowest BCUT2D eigenvalue weighted by molar-refractivity contribution is 0.102. The molecular weight excluding hydrogens is 332 g/mol. The molecule has 0 unspecified atom stereocenters. The van der Waals surface area contributed by atoms with E-state index in [4.69, 9.17) is 11.5 Å². The maximum Gasteiger partial charge on any atom is 0.272 e. The summed E-state index contributed by atoms with van der Waals surface area (Å²) >= 11 is 0. The third-order valence-corrected chi connectivity index (χ3v) is 3.72. The molecule has 0 saturated carbocycles. The zero-order valence-corrected chi connectivity index (χ0v) is 14.0. The first-order chi connectivity index (χ1) is 12.4. The first-order valence-electron chi connectivity index (χ1n) is 7.79. The Kier molecular flexibility index (Phi) is 4.57. The Bertz CT molecular complexity index is 1010. The van der Waals surface area contributed by atoms with Crippen LogP contribution >= 0.6 is 0 Å². The highest BCUT2D eigenvalue weighted by Gasteiger charge is 2.10. The van der Waals surface area contributed by atoms with E-state index in [0.717, 1.165) is 16.5 Å². The van der Waals surface area contributed by atoms with Gasteiger partial charge in [0.15, 0.2) is 0 Å². The van der Waals surface area contributed by atoms with Crippen LogP contribution in [-0.4, -0.2) is 27.7 Å². The number of fused-ring (bicyclic) bond motifs is 1. The first kappa shape index (κ1) is 17.0. The number of nitrogens with two attached hydrogens (primary N) is 2. The fraction of sp³-hybridized carbons (Fsp3) is 0.0556. The molecule has 3 rings (SSSR count). The summed E-state index contributed by atoms with van der Waals surface area (Å²) < 4.78 is 0. The molecule has 0 aliphatic carbocycles. The zero-order chi connectivity index (χ0) is 18.7. The number of phenols is 1. The quantitative estimate of drug-likeness (QED) is 0.279. The Morgan fingerprint density at radius 3 is 2.50 bits per heavy atom. The van der Waals surface area contributed by atoms with E-state index >= 15 is 0 Å². The van der Waals surface area contributed by atoms with Crippen molar-refractivity contribution in [2.75, 3.05) is 5.32 Å². The maximum atomic E-state index is 12.4. The van der Waals surface area contributed by atoms with Crippen molar-refractivity contribution in [3.63, 3.8) is 0 Å². The van der Waals surface area contributed by atoms with Gasteiger partial charge in [0.2, 0.25) is 5.96 Å². The molecule has 7 N–H and O–H groups in total. The number of hydrogen-bond donors (Lipinski definition) is 5. The number of anilines is 1. The fourth-order valence-corrected chi connectivity index (χ4v) is 2.43. The number of aromatic hydroxyl groups is 1. The van der Waals surface area contributed by atoms with E-state index in [0.29, 0.717) is 17.1 Å². The Balaban J connectivity index is 1.74. The number of carbonyl (C=O) groups excluding carboxylic acids is 1. The maximum absolute atomic E-state index is 12.4. The van der Waals surface area contributed by atoms with Crippen molar-refractivity contribution in [2.24, 2.45) is 21.7 Å². The van der Waals surface area contributed by atoms with Gasteiger partial charge in [0.1, 0.15) is 11.4 Å². The summed E-state index contributed by atoms with van der Waals surface area (Å²) in [4.78, 5) is 15.4. The molecule has 0 aliphatic heterocycles. The van der Waals surface area contributed by atoms with Crippen molar-refractivity contribution in [2.45, 2.75) is 6.92 Å². The Morgan fingerprint density at radius 2 is 1.81 bits per heavy atom. The van der Waals surface area contributed by atoms with Crippen LogP contribution < -0.4 is 16.8 Å². The van der Waals surface area contributed by atoms with Crippen molar-refractivity contribution in [3.05, 3.63) is 59.8 Å². The van der Waals surface area contributed by atoms with Gasteiger partial charge in [0.05, 0.1) is 5.71 Å². The van der Waals surface area contributed by atoms with Crippen molar-refractivity contribution in [1.29, 1.82) is 0 Å². The second kappa shape index (κ2) is 6.98. The largest absolute Gasteiger partial charge is 0.508 e. The number of H-pyrrole nitrogens is 1. The molecular formula is C18H18N6O2. The molecule has 0 fully saturated rings. The van der Waals surface area contributed by atoms with Crippen LogP contribution in [0.1, 0.15) is 23.0 Å². The molecule has 132 valence electrons. The molecule has 1 heterocycles. The molecule has 0 bridgehead atoms. The number of amides is 1. The molecule has 26 heavy (non-hydrogen) atoms. The van der Waals surface area contributed by atoms with Crippen LogP contribution in [0.15, 0.2) is 58.7 Å². The summed E-state index contributed by atoms with van der Waals surface area (Å²) in [5.41, 5.74) is 13.8. The molecule has 0 aliphatic rings. The number of nitrogens with zero attached hydrogens (tertiary/aromatic N) is 2. The van der Waals surface area contributed by atoms with Gasteiger partial charge < -0.3 is 26.9 Å². The van der Waals surface area contributed by atoms with Gasteiger partial charge in [-0.15, -0.1) is 5.10 Å². The SMILES string of the molecule is C/C(=N/N=C(N)N)c1ccc(NC(=O)c2cc3cc(O)ccc3[nH]2)cc1. The normalized spacial score (nSPS) is 11.3. The molecule has 8 heteroatoms. The van der Waals surface area contributed by atoms with Gasteiger partial charge in [0, 0.05) is 16.6 Å². The van der Waals surface area contributed by atoms with Gasteiger partial charge in [-0.1, -0.05) is 12.1 Å². The number of benzene rings is 2.